The molecule has 0 aliphatic carbocycles. The molecular formula is C46H28N4. The Balaban J connectivity index is 1.19. The van der Waals surface area contributed by atoms with Crippen molar-refractivity contribution in [3.05, 3.63) is 175 Å². The number of fused-ring (bicyclic) bond motifs is 4. The number of hydrogen-bond donors (Lipinski definition) is 0. The van der Waals surface area contributed by atoms with Gasteiger partial charge in [0.05, 0.1) is 11.6 Å². The van der Waals surface area contributed by atoms with Crippen LogP contribution >= 0.6 is 0 Å². The van der Waals surface area contributed by atoms with Gasteiger partial charge in [0, 0.05) is 16.7 Å². The highest BCUT2D eigenvalue weighted by Gasteiger charge is 2.16. The zero-order chi connectivity index (χ0) is 33.4. The van der Waals surface area contributed by atoms with E-state index in [1.807, 2.05) is 42.5 Å². The van der Waals surface area contributed by atoms with Gasteiger partial charge in [-0.2, -0.15) is 5.26 Å². The normalized spacial score (nSPS) is 11.2. The highest BCUT2D eigenvalue weighted by atomic mass is 15.0. The number of nitriles is 1. The number of rotatable bonds is 5. The van der Waals surface area contributed by atoms with Crippen LogP contribution < -0.4 is 0 Å². The Morgan fingerprint density at radius 1 is 0.340 bits per heavy atom. The zero-order valence-corrected chi connectivity index (χ0v) is 27.0. The van der Waals surface area contributed by atoms with Crippen LogP contribution in [0.2, 0.25) is 0 Å². The molecule has 0 amide bonds. The van der Waals surface area contributed by atoms with Crippen molar-refractivity contribution < 1.29 is 0 Å². The first kappa shape index (κ1) is 29.2. The summed E-state index contributed by atoms with van der Waals surface area (Å²) in [6.07, 6.45) is 0. The van der Waals surface area contributed by atoms with Crippen LogP contribution in [0.1, 0.15) is 5.56 Å². The summed E-state index contributed by atoms with van der Waals surface area (Å²) < 4.78 is 0. The lowest BCUT2D eigenvalue weighted by Gasteiger charge is -2.14. The Hall–Kier alpha value is -6.96. The van der Waals surface area contributed by atoms with Gasteiger partial charge in [0.15, 0.2) is 17.5 Å². The first-order valence-electron chi connectivity index (χ1n) is 16.6. The van der Waals surface area contributed by atoms with E-state index >= 15 is 0 Å². The van der Waals surface area contributed by atoms with Gasteiger partial charge in [0.25, 0.3) is 0 Å². The van der Waals surface area contributed by atoms with Crippen molar-refractivity contribution in [2.75, 3.05) is 0 Å². The van der Waals surface area contributed by atoms with Gasteiger partial charge in [-0.3, -0.25) is 0 Å². The quantitative estimate of drug-likeness (QED) is 0.139. The topological polar surface area (TPSA) is 62.5 Å². The molecule has 8 aromatic carbocycles. The van der Waals surface area contributed by atoms with Gasteiger partial charge < -0.3 is 0 Å². The van der Waals surface area contributed by atoms with Crippen LogP contribution in [-0.2, 0) is 0 Å². The zero-order valence-electron chi connectivity index (χ0n) is 27.0. The number of nitrogens with zero attached hydrogens (tertiary/aromatic N) is 4. The summed E-state index contributed by atoms with van der Waals surface area (Å²) in [5.74, 6) is 1.72. The van der Waals surface area contributed by atoms with Crippen LogP contribution in [0, 0.1) is 11.3 Å². The Kier molecular flexibility index (Phi) is 7.15. The van der Waals surface area contributed by atoms with Gasteiger partial charge >= 0.3 is 0 Å². The lowest BCUT2D eigenvalue weighted by molar-refractivity contribution is 1.07. The third-order valence-corrected chi connectivity index (χ3v) is 9.34. The molecule has 0 spiro atoms. The minimum Gasteiger partial charge on any atom is -0.208 e. The molecule has 0 radical (unpaired) electrons. The molecule has 9 rings (SSSR count). The summed E-state index contributed by atoms with van der Waals surface area (Å²) in [6.45, 7) is 0. The van der Waals surface area contributed by atoms with Crippen LogP contribution in [0.3, 0.4) is 0 Å². The van der Waals surface area contributed by atoms with E-state index in [0.29, 0.717) is 23.0 Å². The standard InChI is InChI=1S/C46H28N4/c47-29-30-17-19-34(20-18-30)44-48-45(50-46(49-44)38-14-8-13-36(27-38)31-9-2-1-3-10-31)35-23-21-33(22-24-35)43-40-16-7-5-12-37(40)28-42-39-15-6-4-11-32(39)25-26-41(42)43/h1-28H. The van der Waals surface area contributed by atoms with Crippen molar-refractivity contribution in [2.45, 2.75) is 0 Å². The molecular weight excluding hydrogens is 609 g/mol. The number of benzene rings is 8. The van der Waals surface area contributed by atoms with Gasteiger partial charge in [-0.15, -0.1) is 0 Å². The lowest BCUT2D eigenvalue weighted by atomic mass is 9.89. The van der Waals surface area contributed by atoms with Crippen LogP contribution in [0.5, 0.6) is 0 Å². The Bertz CT molecular complexity index is 2740. The van der Waals surface area contributed by atoms with Crippen molar-refractivity contribution in [3.8, 4) is 62.5 Å². The van der Waals surface area contributed by atoms with Gasteiger partial charge in [0.2, 0.25) is 0 Å². The second kappa shape index (κ2) is 12.2. The third-order valence-electron chi connectivity index (χ3n) is 9.34. The smallest absolute Gasteiger partial charge is 0.164 e. The Morgan fingerprint density at radius 3 is 1.62 bits per heavy atom. The first-order chi connectivity index (χ1) is 24.7. The fraction of sp³-hybridized carbons (Fsp3) is 0. The molecule has 9 aromatic rings. The maximum absolute atomic E-state index is 9.38. The first-order valence-corrected chi connectivity index (χ1v) is 16.6. The molecule has 0 N–H and O–H groups in total. The largest absolute Gasteiger partial charge is 0.208 e. The molecule has 0 saturated carbocycles. The van der Waals surface area contributed by atoms with Crippen LogP contribution in [-0.4, -0.2) is 15.0 Å². The average molecular weight is 637 g/mol. The van der Waals surface area contributed by atoms with Gasteiger partial charge in [0.1, 0.15) is 0 Å². The van der Waals surface area contributed by atoms with Gasteiger partial charge in [-0.1, -0.05) is 133 Å². The van der Waals surface area contributed by atoms with E-state index in [0.717, 1.165) is 33.4 Å². The van der Waals surface area contributed by atoms with Crippen molar-refractivity contribution in [1.29, 1.82) is 5.26 Å². The van der Waals surface area contributed by atoms with Crippen LogP contribution in [0.25, 0.3) is 88.7 Å². The highest BCUT2D eigenvalue weighted by Crippen LogP contribution is 2.40. The maximum atomic E-state index is 9.38. The molecule has 0 bridgehead atoms. The molecule has 1 aromatic heterocycles. The predicted octanol–water partition coefficient (Wildman–Crippen LogP) is 11.5. The lowest BCUT2D eigenvalue weighted by Crippen LogP contribution is -2.00. The van der Waals surface area contributed by atoms with Crippen molar-refractivity contribution in [1.82, 2.24) is 15.0 Å². The summed E-state index contributed by atoms with van der Waals surface area (Å²) in [5.41, 5.74) is 7.75. The summed E-state index contributed by atoms with van der Waals surface area (Å²) in [5, 5.41) is 16.8. The highest BCUT2D eigenvalue weighted by molar-refractivity contribution is 6.20. The summed E-state index contributed by atoms with van der Waals surface area (Å²) in [4.78, 5) is 14.9. The summed E-state index contributed by atoms with van der Waals surface area (Å²) in [6, 6.07) is 60.7. The molecule has 50 heavy (non-hydrogen) atoms. The van der Waals surface area contributed by atoms with Crippen molar-refractivity contribution in [2.24, 2.45) is 0 Å². The van der Waals surface area contributed by atoms with Crippen molar-refractivity contribution in [3.63, 3.8) is 0 Å². The molecule has 0 aliphatic rings. The average Bonchev–Trinajstić information content (AvgIpc) is 3.20. The summed E-state index contributed by atoms with van der Waals surface area (Å²) in [7, 11) is 0. The van der Waals surface area contributed by atoms with E-state index in [-0.39, 0.29) is 0 Å². The molecule has 0 atom stereocenters. The molecule has 232 valence electrons. The predicted molar refractivity (Wildman–Crippen MR) is 204 cm³/mol. The van der Waals surface area contributed by atoms with Gasteiger partial charge in [-0.05, 0) is 91.0 Å². The maximum Gasteiger partial charge on any atom is 0.164 e. The van der Waals surface area contributed by atoms with Crippen LogP contribution in [0.4, 0.5) is 0 Å². The third kappa shape index (κ3) is 5.24. The van der Waals surface area contributed by atoms with E-state index in [2.05, 4.69) is 121 Å². The molecule has 1 heterocycles. The number of aromatic nitrogens is 3. The minimum absolute atomic E-state index is 0.551. The van der Waals surface area contributed by atoms with E-state index in [1.54, 1.807) is 12.1 Å². The molecule has 4 nitrogen and oxygen atoms in total. The minimum atomic E-state index is 0.551. The molecule has 4 heteroatoms. The SMILES string of the molecule is N#Cc1ccc(-c2nc(-c3ccc(-c4c5ccccc5cc5c4ccc4ccccc45)cc3)nc(-c3cccc(-c4ccccc4)c3)n2)cc1. The number of hydrogen-bond acceptors (Lipinski definition) is 4. The van der Waals surface area contributed by atoms with E-state index in [4.69, 9.17) is 15.0 Å². The fourth-order valence-electron chi connectivity index (χ4n) is 6.84. The van der Waals surface area contributed by atoms with Crippen LogP contribution in [0.15, 0.2) is 170 Å². The molecule has 0 fully saturated rings. The Labute approximate surface area is 289 Å². The van der Waals surface area contributed by atoms with E-state index < -0.39 is 0 Å². The molecule has 0 unspecified atom stereocenters. The molecule has 0 aliphatic heterocycles. The summed E-state index contributed by atoms with van der Waals surface area (Å²) >= 11 is 0. The van der Waals surface area contributed by atoms with E-state index in [1.165, 1.54) is 37.9 Å². The second-order valence-corrected chi connectivity index (χ2v) is 12.4. The Morgan fingerprint density at radius 2 is 0.900 bits per heavy atom. The van der Waals surface area contributed by atoms with Gasteiger partial charge in [-0.25, -0.2) is 15.0 Å². The fourth-order valence-corrected chi connectivity index (χ4v) is 6.84. The monoisotopic (exact) mass is 636 g/mol. The van der Waals surface area contributed by atoms with E-state index in [9.17, 15) is 5.26 Å². The molecule has 0 saturated heterocycles. The second-order valence-electron chi connectivity index (χ2n) is 12.4. The van der Waals surface area contributed by atoms with Crippen molar-refractivity contribution >= 4 is 32.3 Å².